The molecule has 12 heteroatoms. The van der Waals surface area contributed by atoms with Crippen LogP contribution in [0.3, 0.4) is 0 Å². The SMILES string of the molecule is CCCNC(=O)[C@H](CC)N(Cc1ccc(Cl)c(Cl)c1)C(=O)CN(c1ccc(F)cc1)S(=O)(=O)c1ccc(OCC)cc1. The molecule has 1 N–H and O–H groups in total. The van der Waals surface area contributed by atoms with Gasteiger partial charge in [-0.3, -0.25) is 13.9 Å². The summed E-state index contributed by atoms with van der Waals surface area (Å²) >= 11 is 12.3. The van der Waals surface area contributed by atoms with E-state index in [1.807, 2.05) is 13.8 Å². The molecule has 0 aliphatic carbocycles. The second-order valence-electron chi connectivity index (χ2n) is 9.38. The molecule has 0 unspecified atom stereocenters. The smallest absolute Gasteiger partial charge is 0.264 e. The fourth-order valence-corrected chi connectivity index (χ4v) is 5.99. The molecule has 3 aromatic rings. The van der Waals surface area contributed by atoms with E-state index in [2.05, 4.69) is 5.32 Å². The highest BCUT2D eigenvalue weighted by atomic mass is 35.5. The number of carbonyl (C=O) groups excluding carboxylic acids is 2. The number of sulfonamides is 1. The van der Waals surface area contributed by atoms with Crippen molar-refractivity contribution in [3.63, 3.8) is 0 Å². The van der Waals surface area contributed by atoms with Crippen LogP contribution in [0.1, 0.15) is 39.2 Å². The Morgan fingerprint density at radius 1 is 0.952 bits per heavy atom. The van der Waals surface area contributed by atoms with Gasteiger partial charge in [0.05, 0.1) is 27.2 Å². The molecule has 2 amide bonds. The highest BCUT2D eigenvalue weighted by molar-refractivity contribution is 7.92. The third-order valence-electron chi connectivity index (χ3n) is 6.39. The maximum absolute atomic E-state index is 14.0. The molecule has 0 bridgehead atoms. The van der Waals surface area contributed by atoms with Crippen LogP contribution in [0.25, 0.3) is 0 Å². The van der Waals surface area contributed by atoms with Gasteiger partial charge in [-0.2, -0.15) is 0 Å². The number of nitrogens with zero attached hydrogens (tertiary/aromatic N) is 2. The van der Waals surface area contributed by atoms with Crippen LogP contribution in [0.4, 0.5) is 10.1 Å². The van der Waals surface area contributed by atoms with E-state index in [4.69, 9.17) is 27.9 Å². The Balaban J connectivity index is 2.05. The predicted molar refractivity (Wildman–Crippen MR) is 163 cm³/mol. The van der Waals surface area contributed by atoms with Crippen LogP contribution < -0.4 is 14.4 Å². The highest BCUT2D eigenvalue weighted by Gasteiger charge is 2.33. The summed E-state index contributed by atoms with van der Waals surface area (Å²) in [5, 5.41) is 3.43. The van der Waals surface area contributed by atoms with Gasteiger partial charge in [0.2, 0.25) is 11.8 Å². The van der Waals surface area contributed by atoms with Crippen LogP contribution in [-0.2, 0) is 26.2 Å². The summed E-state index contributed by atoms with van der Waals surface area (Å²) in [5.41, 5.74) is 0.679. The number of nitrogens with one attached hydrogen (secondary N) is 1. The fourth-order valence-electron chi connectivity index (χ4n) is 4.26. The van der Waals surface area contributed by atoms with Gasteiger partial charge in [-0.1, -0.05) is 43.1 Å². The van der Waals surface area contributed by atoms with Gasteiger partial charge in [-0.25, -0.2) is 12.8 Å². The molecule has 0 saturated carbocycles. The molecule has 0 heterocycles. The largest absolute Gasteiger partial charge is 0.494 e. The maximum Gasteiger partial charge on any atom is 0.264 e. The first-order valence-electron chi connectivity index (χ1n) is 13.5. The van der Waals surface area contributed by atoms with Crippen LogP contribution in [0, 0.1) is 5.82 Å². The normalized spacial score (nSPS) is 12.0. The molecule has 3 rings (SSSR count). The van der Waals surface area contributed by atoms with E-state index < -0.39 is 34.3 Å². The standard InChI is InChI=1S/C30H34Cl2FN3O5S/c1-4-17-34-30(38)28(5-2)35(19-21-7-16-26(31)27(32)18-21)29(37)20-36(23-10-8-22(33)9-11-23)42(39,40)25-14-12-24(13-15-25)41-6-3/h7-16,18,28H,4-6,17,19-20H2,1-3H3,(H,34,38)/t28-/m0/s1. The Kier molecular flexibility index (Phi) is 12.0. The molecule has 0 fully saturated rings. The number of benzene rings is 3. The third kappa shape index (κ3) is 8.36. The van der Waals surface area contributed by atoms with Crippen molar-refractivity contribution in [2.45, 2.75) is 51.1 Å². The zero-order chi connectivity index (χ0) is 30.9. The minimum atomic E-state index is -4.31. The van der Waals surface area contributed by atoms with Crippen LogP contribution >= 0.6 is 23.2 Å². The number of carbonyl (C=O) groups is 2. The summed E-state index contributed by atoms with van der Waals surface area (Å²) in [7, 11) is -4.31. The lowest BCUT2D eigenvalue weighted by Gasteiger charge is -2.33. The summed E-state index contributed by atoms with van der Waals surface area (Å²) < 4.78 is 47.9. The van der Waals surface area contributed by atoms with E-state index in [9.17, 15) is 22.4 Å². The van der Waals surface area contributed by atoms with E-state index in [0.717, 1.165) is 16.4 Å². The van der Waals surface area contributed by atoms with Gasteiger partial charge < -0.3 is 15.0 Å². The Morgan fingerprint density at radius 3 is 2.19 bits per heavy atom. The van der Waals surface area contributed by atoms with Gasteiger partial charge >= 0.3 is 0 Å². The number of anilines is 1. The van der Waals surface area contributed by atoms with Gasteiger partial charge in [-0.05, 0) is 86.0 Å². The number of hydrogen-bond donors (Lipinski definition) is 1. The van der Waals surface area contributed by atoms with Gasteiger partial charge in [0, 0.05) is 13.1 Å². The lowest BCUT2D eigenvalue weighted by Crippen LogP contribution is -2.52. The summed E-state index contributed by atoms with van der Waals surface area (Å²) in [5.74, 6) is -1.09. The van der Waals surface area contributed by atoms with Crippen molar-refractivity contribution in [3.05, 3.63) is 88.2 Å². The van der Waals surface area contributed by atoms with Crippen molar-refractivity contribution < 1.29 is 27.1 Å². The molecule has 8 nitrogen and oxygen atoms in total. The molecule has 226 valence electrons. The van der Waals surface area contributed by atoms with Crippen LogP contribution in [0.5, 0.6) is 5.75 Å². The summed E-state index contributed by atoms with van der Waals surface area (Å²) in [4.78, 5) is 28.4. The first-order valence-corrected chi connectivity index (χ1v) is 15.7. The monoisotopic (exact) mass is 637 g/mol. The minimum absolute atomic E-state index is 0.0336. The average Bonchev–Trinajstić information content (AvgIpc) is 2.97. The second kappa shape index (κ2) is 15.2. The second-order valence-corrected chi connectivity index (χ2v) is 12.1. The van der Waals surface area contributed by atoms with E-state index in [1.54, 1.807) is 25.1 Å². The van der Waals surface area contributed by atoms with E-state index in [0.29, 0.717) is 35.9 Å². The molecule has 1 atom stereocenters. The number of hydrogen-bond acceptors (Lipinski definition) is 5. The van der Waals surface area contributed by atoms with Crippen molar-refractivity contribution in [1.29, 1.82) is 0 Å². The molecule has 0 aromatic heterocycles. The van der Waals surface area contributed by atoms with Gasteiger partial charge in [0.1, 0.15) is 24.2 Å². The fraction of sp³-hybridized carbons (Fsp3) is 0.333. The Morgan fingerprint density at radius 2 is 1.62 bits per heavy atom. The number of ether oxygens (including phenoxy) is 1. The number of rotatable bonds is 14. The number of amides is 2. The van der Waals surface area contributed by atoms with Gasteiger partial charge in [-0.15, -0.1) is 0 Å². The highest BCUT2D eigenvalue weighted by Crippen LogP contribution is 2.27. The molecule has 0 aliphatic heterocycles. The predicted octanol–water partition coefficient (Wildman–Crippen LogP) is 6.06. The zero-order valence-corrected chi connectivity index (χ0v) is 26.0. The molecule has 0 aliphatic rings. The average molecular weight is 639 g/mol. The topological polar surface area (TPSA) is 96.0 Å². The zero-order valence-electron chi connectivity index (χ0n) is 23.6. The Hall–Kier alpha value is -3.34. The molecule has 0 saturated heterocycles. The van der Waals surface area contributed by atoms with Crippen LogP contribution in [0.15, 0.2) is 71.6 Å². The summed E-state index contributed by atoms with van der Waals surface area (Å²) in [6, 6.07) is 14.5. The van der Waals surface area contributed by atoms with Crippen LogP contribution in [-0.4, -0.2) is 50.9 Å². The van der Waals surface area contributed by atoms with Crippen molar-refractivity contribution in [1.82, 2.24) is 10.2 Å². The van der Waals surface area contributed by atoms with Crippen LogP contribution in [0.2, 0.25) is 10.0 Å². The minimum Gasteiger partial charge on any atom is -0.494 e. The van der Waals surface area contributed by atoms with Crippen molar-refractivity contribution in [2.75, 3.05) is 24.0 Å². The molecular weight excluding hydrogens is 604 g/mol. The first-order chi connectivity index (χ1) is 20.0. The van der Waals surface area contributed by atoms with E-state index in [1.165, 1.54) is 41.3 Å². The van der Waals surface area contributed by atoms with Gasteiger partial charge in [0.15, 0.2) is 0 Å². The summed E-state index contributed by atoms with van der Waals surface area (Å²) in [6.07, 6.45) is 0.965. The van der Waals surface area contributed by atoms with Crippen molar-refractivity contribution in [2.24, 2.45) is 0 Å². The Labute approximate surface area is 256 Å². The number of halogens is 3. The van der Waals surface area contributed by atoms with Crippen molar-refractivity contribution in [3.8, 4) is 5.75 Å². The molecule has 3 aromatic carbocycles. The van der Waals surface area contributed by atoms with Crippen molar-refractivity contribution >= 4 is 50.7 Å². The summed E-state index contributed by atoms with van der Waals surface area (Å²) in [6.45, 7) is 5.61. The van der Waals surface area contributed by atoms with E-state index in [-0.39, 0.29) is 34.5 Å². The lowest BCUT2D eigenvalue weighted by atomic mass is 10.1. The maximum atomic E-state index is 14.0. The molecule has 0 radical (unpaired) electrons. The van der Waals surface area contributed by atoms with Gasteiger partial charge in [0.25, 0.3) is 10.0 Å². The third-order valence-corrected chi connectivity index (χ3v) is 8.92. The first kappa shape index (κ1) is 33.2. The Bertz CT molecular complexity index is 1470. The molecular formula is C30H34Cl2FN3O5S. The molecule has 42 heavy (non-hydrogen) atoms. The lowest BCUT2D eigenvalue weighted by molar-refractivity contribution is -0.140. The quantitative estimate of drug-likeness (QED) is 0.232. The van der Waals surface area contributed by atoms with E-state index >= 15 is 0 Å². The molecule has 0 spiro atoms.